The molecule has 15 heavy (non-hydrogen) atoms. The Kier molecular flexibility index (Phi) is 2.58. The minimum Gasteiger partial charge on any atom is -0.469 e. The van der Waals surface area contributed by atoms with Crippen LogP contribution in [-0.2, 0) is 6.42 Å². The summed E-state index contributed by atoms with van der Waals surface area (Å²) >= 11 is 0. The highest BCUT2D eigenvalue weighted by Gasteiger charge is 2.11. The van der Waals surface area contributed by atoms with Gasteiger partial charge in [0.1, 0.15) is 5.76 Å². The lowest BCUT2D eigenvalue weighted by molar-refractivity contribution is 0.0977. The van der Waals surface area contributed by atoms with Gasteiger partial charge in [-0.3, -0.25) is 4.79 Å². The lowest BCUT2D eigenvalue weighted by atomic mass is 10.2. The van der Waals surface area contributed by atoms with Crippen molar-refractivity contribution in [2.75, 3.05) is 0 Å². The highest BCUT2D eigenvalue weighted by atomic mass is 16.3. The van der Waals surface area contributed by atoms with E-state index in [0.717, 1.165) is 5.56 Å². The van der Waals surface area contributed by atoms with Crippen LogP contribution in [0.4, 0.5) is 0 Å². The van der Waals surface area contributed by atoms with E-state index >= 15 is 0 Å². The lowest BCUT2D eigenvalue weighted by Crippen LogP contribution is -2.07. The van der Waals surface area contributed by atoms with Crippen LogP contribution in [0.5, 0.6) is 0 Å². The van der Waals surface area contributed by atoms with Crippen LogP contribution in [0.2, 0.25) is 0 Å². The molecule has 76 valence electrons. The molecule has 4 heteroatoms. The van der Waals surface area contributed by atoms with Crippen molar-refractivity contribution >= 4 is 5.78 Å². The monoisotopic (exact) mass is 202 g/mol. The minimum absolute atomic E-state index is 0.134. The molecule has 0 unspecified atom stereocenters. The number of ketones is 1. The van der Waals surface area contributed by atoms with E-state index < -0.39 is 0 Å². The summed E-state index contributed by atoms with van der Waals surface area (Å²) in [5.41, 5.74) is 0.935. The molecule has 0 saturated carbocycles. The van der Waals surface area contributed by atoms with Gasteiger partial charge in [0, 0.05) is 12.4 Å². The molecule has 0 saturated heterocycles. The SMILES string of the molecule is Cc1cnc(C(=O)Cc2ccco2)nc1. The summed E-state index contributed by atoms with van der Waals surface area (Å²) in [6.45, 7) is 1.88. The molecular formula is C11H10N2O2. The maximum atomic E-state index is 11.6. The molecule has 0 fully saturated rings. The standard InChI is InChI=1S/C11H10N2O2/c1-8-6-12-11(13-7-8)10(14)5-9-3-2-4-15-9/h2-4,6-7H,5H2,1H3. The fourth-order valence-electron chi connectivity index (χ4n) is 1.19. The van der Waals surface area contributed by atoms with Crippen molar-refractivity contribution < 1.29 is 9.21 Å². The zero-order valence-electron chi connectivity index (χ0n) is 8.30. The second-order valence-electron chi connectivity index (χ2n) is 3.26. The third-order valence-electron chi connectivity index (χ3n) is 1.95. The molecule has 0 atom stereocenters. The minimum atomic E-state index is -0.134. The second-order valence-corrected chi connectivity index (χ2v) is 3.26. The third kappa shape index (κ3) is 2.28. The van der Waals surface area contributed by atoms with Crippen molar-refractivity contribution in [3.63, 3.8) is 0 Å². The van der Waals surface area contributed by atoms with Crippen LogP contribution in [0.25, 0.3) is 0 Å². The number of carbonyl (C=O) groups excluding carboxylic acids is 1. The Morgan fingerprint density at radius 3 is 2.73 bits per heavy atom. The van der Waals surface area contributed by atoms with Gasteiger partial charge in [0.2, 0.25) is 5.78 Å². The van der Waals surface area contributed by atoms with Crippen molar-refractivity contribution in [2.24, 2.45) is 0 Å². The number of aromatic nitrogens is 2. The van der Waals surface area contributed by atoms with Crippen molar-refractivity contribution in [1.82, 2.24) is 9.97 Å². The van der Waals surface area contributed by atoms with Crippen molar-refractivity contribution in [3.05, 3.63) is 47.9 Å². The molecule has 0 aliphatic rings. The summed E-state index contributed by atoms with van der Waals surface area (Å²) in [6.07, 6.45) is 5.00. The first-order valence-electron chi connectivity index (χ1n) is 4.60. The van der Waals surface area contributed by atoms with E-state index in [4.69, 9.17) is 4.42 Å². The number of furan rings is 1. The molecule has 2 rings (SSSR count). The van der Waals surface area contributed by atoms with Crippen LogP contribution in [-0.4, -0.2) is 15.8 Å². The number of Topliss-reactive ketones (excluding diaryl/α,β-unsaturated/α-hetero) is 1. The van der Waals surface area contributed by atoms with Crippen LogP contribution in [0, 0.1) is 6.92 Å². The summed E-state index contributed by atoms with van der Waals surface area (Å²) in [6, 6.07) is 3.50. The van der Waals surface area contributed by atoms with Crippen LogP contribution in [0.3, 0.4) is 0 Å². The largest absolute Gasteiger partial charge is 0.469 e. The summed E-state index contributed by atoms with van der Waals surface area (Å²) < 4.78 is 5.07. The van der Waals surface area contributed by atoms with Gasteiger partial charge in [0.05, 0.1) is 12.7 Å². The van der Waals surface area contributed by atoms with Crippen LogP contribution in [0.15, 0.2) is 35.2 Å². The lowest BCUT2D eigenvalue weighted by Gasteiger charge is -1.97. The van der Waals surface area contributed by atoms with Crippen LogP contribution < -0.4 is 0 Å². The Morgan fingerprint density at radius 1 is 1.40 bits per heavy atom. The summed E-state index contributed by atoms with van der Waals surface area (Å²) in [5, 5.41) is 0. The van der Waals surface area contributed by atoms with Gasteiger partial charge in [-0.1, -0.05) is 0 Å². The maximum Gasteiger partial charge on any atom is 0.207 e. The molecule has 0 aliphatic heterocycles. The van der Waals surface area contributed by atoms with E-state index in [1.54, 1.807) is 30.8 Å². The van der Waals surface area contributed by atoms with Gasteiger partial charge in [0.15, 0.2) is 5.82 Å². The number of aryl methyl sites for hydroxylation is 1. The van der Waals surface area contributed by atoms with Crippen molar-refractivity contribution in [1.29, 1.82) is 0 Å². The fraction of sp³-hybridized carbons (Fsp3) is 0.182. The van der Waals surface area contributed by atoms with E-state index in [-0.39, 0.29) is 18.0 Å². The fourth-order valence-corrected chi connectivity index (χ4v) is 1.19. The van der Waals surface area contributed by atoms with Gasteiger partial charge in [-0.25, -0.2) is 9.97 Å². The van der Waals surface area contributed by atoms with Crippen molar-refractivity contribution in [3.8, 4) is 0 Å². The highest BCUT2D eigenvalue weighted by Crippen LogP contribution is 2.04. The van der Waals surface area contributed by atoms with Crippen molar-refractivity contribution in [2.45, 2.75) is 13.3 Å². The zero-order chi connectivity index (χ0) is 10.7. The van der Waals surface area contributed by atoms with E-state index in [9.17, 15) is 4.79 Å². The smallest absolute Gasteiger partial charge is 0.207 e. The highest BCUT2D eigenvalue weighted by molar-refractivity contribution is 5.93. The number of rotatable bonds is 3. The number of hydrogen-bond acceptors (Lipinski definition) is 4. The maximum absolute atomic E-state index is 11.6. The normalized spacial score (nSPS) is 10.2. The molecule has 0 radical (unpaired) electrons. The zero-order valence-corrected chi connectivity index (χ0v) is 8.30. The molecule has 0 amide bonds. The second kappa shape index (κ2) is 4.04. The molecule has 0 N–H and O–H groups in total. The van der Waals surface area contributed by atoms with E-state index in [2.05, 4.69) is 9.97 Å². The van der Waals surface area contributed by atoms with E-state index in [0.29, 0.717) is 5.76 Å². The van der Waals surface area contributed by atoms with Crippen LogP contribution in [0.1, 0.15) is 21.9 Å². The summed E-state index contributed by atoms with van der Waals surface area (Å²) in [7, 11) is 0. The van der Waals surface area contributed by atoms with Gasteiger partial charge in [-0.2, -0.15) is 0 Å². The first kappa shape index (κ1) is 9.58. The number of hydrogen-bond donors (Lipinski definition) is 0. The summed E-state index contributed by atoms with van der Waals surface area (Å²) in [5.74, 6) is 0.728. The Balaban J connectivity index is 2.11. The Hall–Kier alpha value is -1.97. The first-order valence-corrected chi connectivity index (χ1v) is 4.60. The molecule has 0 aromatic carbocycles. The Morgan fingerprint density at radius 2 is 2.13 bits per heavy atom. The number of nitrogens with zero attached hydrogens (tertiary/aromatic N) is 2. The molecule has 2 heterocycles. The Bertz CT molecular complexity index is 446. The first-order chi connectivity index (χ1) is 7.25. The Labute approximate surface area is 87.0 Å². The van der Waals surface area contributed by atoms with Crippen LogP contribution >= 0.6 is 0 Å². The molecule has 4 nitrogen and oxygen atoms in total. The van der Waals surface area contributed by atoms with Gasteiger partial charge in [-0.15, -0.1) is 0 Å². The van der Waals surface area contributed by atoms with Gasteiger partial charge in [0.25, 0.3) is 0 Å². The summed E-state index contributed by atoms with van der Waals surface area (Å²) in [4.78, 5) is 19.6. The topological polar surface area (TPSA) is 56.0 Å². The quantitative estimate of drug-likeness (QED) is 0.712. The average Bonchev–Trinajstić information content (AvgIpc) is 2.71. The molecule has 0 spiro atoms. The van der Waals surface area contributed by atoms with Gasteiger partial charge >= 0.3 is 0 Å². The predicted octanol–water partition coefficient (Wildman–Crippen LogP) is 1.80. The third-order valence-corrected chi connectivity index (χ3v) is 1.95. The molecule has 0 aliphatic carbocycles. The number of carbonyl (C=O) groups is 1. The molecule has 2 aromatic rings. The predicted molar refractivity (Wildman–Crippen MR) is 53.5 cm³/mol. The van der Waals surface area contributed by atoms with Gasteiger partial charge < -0.3 is 4.42 Å². The van der Waals surface area contributed by atoms with E-state index in [1.165, 1.54) is 0 Å². The van der Waals surface area contributed by atoms with E-state index in [1.807, 2.05) is 6.92 Å². The molecule has 0 bridgehead atoms. The molecule has 2 aromatic heterocycles. The van der Waals surface area contributed by atoms with Gasteiger partial charge in [-0.05, 0) is 24.6 Å². The average molecular weight is 202 g/mol. The molecular weight excluding hydrogens is 192 g/mol.